The quantitative estimate of drug-likeness (QED) is 0.411. The van der Waals surface area contributed by atoms with Crippen molar-refractivity contribution in [2.75, 3.05) is 18.9 Å². The fraction of sp³-hybridized carbons (Fsp3) is 0.526. The summed E-state index contributed by atoms with van der Waals surface area (Å²) in [6, 6.07) is 5.07. The highest BCUT2D eigenvalue weighted by molar-refractivity contribution is 7.99. The second kappa shape index (κ2) is 9.57. The van der Waals surface area contributed by atoms with E-state index >= 15 is 0 Å². The largest absolute Gasteiger partial charge is 0.376 e. The van der Waals surface area contributed by atoms with Crippen LogP contribution in [0.25, 0.3) is 10.9 Å². The van der Waals surface area contributed by atoms with Crippen molar-refractivity contribution in [1.82, 2.24) is 14.9 Å². The van der Waals surface area contributed by atoms with Crippen LogP contribution in [0.5, 0.6) is 0 Å². The zero-order chi connectivity index (χ0) is 19.2. The minimum absolute atomic E-state index is 0.00646. The molecule has 2 heterocycles. The van der Waals surface area contributed by atoms with Gasteiger partial charge in [0.15, 0.2) is 5.16 Å². The van der Waals surface area contributed by atoms with Gasteiger partial charge in [-0.2, -0.15) is 0 Å². The van der Waals surface area contributed by atoms with E-state index in [-0.39, 0.29) is 23.3 Å². The molecule has 27 heavy (non-hydrogen) atoms. The van der Waals surface area contributed by atoms with E-state index in [1.807, 2.05) is 0 Å². The normalized spacial score (nSPS) is 16.7. The summed E-state index contributed by atoms with van der Waals surface area (Å²) < 4.78 is 7.33. The molecule has 8 heteroatoms. The second-order valence-corrected chi connectivity index (χ2v) is 7.98. The smallest absolute Gasteiger partial charge is 0.262 e. The molecule has 1 aliphatic rings. The molecule has 1 saturated heterocycles. The van der Waals surface area contributed by atoms with Gasteiger partial charge >= 0.3 is 0 Å². The summed E-state index contributed by atoms with van der Waals surface area (Å²) in [5, 5.41) is 4.46. The minimum atomic E-state index is -0.124. The fourth-order valence-corrected chi connectivity index (χ4v) is 4.03. The second-order valence-electron chi connectivity index (χ2n) is 6.60. The molecule has 1 amide bonds. The first-order valence-corrected chi connectivity index (χ1v) is 10.7. The number of carbonyl (C=O) groups excluding carboxylic acids is 1. The van der Waals surface area contributed by atoms with Crippen molar-refractivity contribution < 1.29 is 9.53 Å². The molecular weight excluding hydrogens is 386 g/mol. The van der Waals surface area contributed by atoms with Crippen LogP contribution in [0.3, 0.4) is 0 Å². The lowest BCUT2D eigenvalue weighted by Crippen LogP contribution is -2.30. The van der Waals surface area contributed by atoms with Crippen LogP contribution in [0, 0.1) is 0 Å². The highest BCUT2D eigenvalue weighted by atomic mass is 35.5. The van der Waals surface area contributed by atoms with Crippen molar-refractivity contribution in [3.05, 3.63) is 33.6 Å². The number of nitrogens with zero attached hydrogens (tertiary/aromatic N) is 2. The first-order valence-electron chi connectivity index (χ1n) is 9.29. The van der Waals surface area contributed by atoms with Gasteiger partial charge in [0.05, 0.1) is 29.3 Å². The Morgan fingerprint density at radius 2 is 2.33 bits per heavy atom. The standard InChI is InChI=1S/C19H24ClN3O3S/c1-2-3-8-21-17(24)12-27-19-22-16-10-13(20)6-7-15(16)18(25)23(19)11-14-5-4-9-26-14/h6-7,10,14H,2-5,8-9,11-12H2,1H3,(H,21,24)/t14-/m0/s1. The summed E-state index contributed by atoms with van der Waals surface area (Å²) in [4.78, 5) is 29.7. The molecule has 1 N–H and O–H groups in total. The molecule has 0 bridgehead atoms. The molecule has 0 aliphatic carbocycles. The molecule has 0 spiro atoms. The van der Waals surface area contributed by atoms with Crippen LogP contribution >= 0.6 is 23.4 Å². The van der Waals surface area contributed by atoms with E-state index < -0.39 is 0 Å². The number of fused-ring (bicyclic) bond motifs is 1. The summed E-state index contributed by atoms with van der Waals surface area (Å²) in [5.41, 5.74) is 0.422. The van der Waals surface area contributed by atoms with Gasteiger partial charge in [0, 0.05) is 18.2 Å². The van der Waals surface area contributed by atoms with E-state index in [2.05, 4.69) is 17.2 Å². The maximum Gasteiger partial charge on any atom is 0.262 e. The van der Waals surface area contributed by atoms with Crippen LogP contribution in [0.1, 0.15) is 32.6 Å². The van der Waals surface area contributed by atoms with Crippen molar-refractivity contribution in [3.63, 3.8) is 0 Å². The van der Waals surface area contributed by atoms with E-state index in [9.17, 15) is 9.59 Å². The molecule has 1 fully saturated rings. The molecule has 6 nitrogen and oxygen atoms in total. The molecule has 0 saturated carbocycles. The number of rotatable bonds is 8. The Morgan fingerprint density at radius 1 is 1.48 bits per heavy atom. The number of hydrogen-bond donors (Lipinski definition) is 1. The lowest BCUT2D eigenvalue weighted by molar-refractivity contribution is -0.118. The summed E-state index contributed by atoms with van der Waals surface area (Å²) in [6.07, 6.45) is 3.91. The number of ether oxygens (including phenoxy) is 1. The Morgan fingerprint density at radius 3 is 3.07 bits per heavy atom. The number of thioether (sulfide) groups is 1. The summed E-state index contributed by atoms with van der Waals surface area (Å²) >= 11 is 7.33. The first kappa shape index (κ1) is 20.2. The van der Waals surface area contributed by atoms with E-state index in [4.69, 9.17) is 16.3 Å². The van der Waals surface area contributed by atoms with Gasteiger partial charge in [0.1, 0.15) is 0 Å². The van der Waals surface area contributed by atoms with E-state index in [1.165, 1.54) is 11.8 Å². The van der Waals surface area contributed by atoms with Gasteiger partial charge in [-0.05, 0) is 37.5 Å². The van der Waals surface area contributed by atoms with Gasteiger partial charge in [0.25, 0.3) is 5.56 Å². The molecule has 1 aromatic carbocycles. The number of aromatic nitrogens is 2. The molecule has 3 rings (SSSR count). The predicted molar refractivity (Wildman–Crippen MR) is 109 cm³/mol. The average Bonchev–Trinajstić information content (AvgIpc) is 3.16. The summed E-state index contributed by atoms with van der Waals surface area (Å²) in [6.45, 7) is 3.91. The highest BCUT2D eigenvalue weighted by Gasteiger charge is 2.20. The van der Waals surface area contributed by atoms with Gasteiger partial charge in [0.2, 0.25) is 5.91 Å². The predicted octanol–water partition coefficient (Wildman–Crippen LogP) is 3.24. The van der Waals surface area contributed by atoms with Crippen molar-refractivity contribution in [2.45, 2.75) is 50.4 Å². The molecule has 1 aliphatic heterocycles. The Bertz CT molecular complexity index is 865. The molecule has 0 unspecified atom stereocenters. The van der Waals surface area contributed by atoms with Crippen LogP contribution in [-0.2, 0) is 16.1 Å². The Kier molecular flexibility index (Phi) is 7.15. The number of carbonyl (C=O) groups is 1. The number of benzene rings is 1. The Labute approximate surface area is 167 Å². The maximum atomic E-state index is 13.0. The average molecular weight is 410 g/mol. The Balaban J connectivity index is 1.85. The van der Waals surface area contributed by atoms with Crippen LogP contribution in [-0.4, -0.2) is 40.5 Å². The van der Waals surface area contributed by atoms with Crippen molar-refractivity contribution in [2.24, 2.45) is 0 Å². The number of amides is 1. The van der Waals surface area contributed by atoms with E-state index in [0.717, 1.165) is 32.3 Å². The first-order chi connectivity index (χ1) is 13.1. The molecule has 1 aromatic heterocycles. The monoisotopic (exact) mass is 409 g/mol. The van der Waals surface area contributed by atoms with Crippen molar-refractivity contribution in [1.29, 1.82) is 0 Å². The van der Waals surface area contributed by atoms with Gasteiger partial charge in [-0.3, -0.25) is 14.2 Å². The van der Waals surface area contributed by atoms with Gasteiger partial charge in [-0.25, -0.2) is 4.98 Å². The SMILES string of the molecule is CCCCNC(=O)CSc1nc2cc(Cl)ccc2c(=O)n1C[C@@H]1CCCO1. The molecule has 1 atom stereocenters. The van der Waals surface area contributed by atoms with Gasteiger partial charge in [-0.15, -0.1) is 0 Å². The molecule has 2 aromatic rings. The lowest BCUT2D eigenvalue weighted by Gasteiger charge is -2.16. The van der Waals surface area contributed by atoms with E-state index in [0.29, 0.717) is 34.2 Å². The Hall–Kier alpha value is -1.57. The van der Waals surface area contributed by atoms with Gasteiger partial charge < -0.3 is 10.1 Å². The maximum absolute atomic E-state index is 13.0. The number of nitrogens with one attached hydrogen (secondary N) is 1. The minimum Gasteiger partial charge on any atom is -0.376 e. The molecule has 0 radical (unpaired) electrons. The number of hydrogen-bond acceptors (Lipinski definition) is 5. The topological polar surface area (TPSA) is 73.2 Å². The van der Waals surface area contributed by atoms with Crippen LogP contribution < -0.4 is 10.9 Å². The van der Waals surface area contributed by atoms with Crippen molar-refractivity contribution >= 4 is 40.2 Å². The van der Waals surface area contributed by atoms with Gasteiger partial charge in [-0.1, -0.05) is 36.7 Å². The fourth-order valence-electron chi connectivity index (χ4n) is 3.02. The van der Waals surface area contributed by atoms with Crippen LogP contribution in [0.4, 0.5) is 0 Å². The third kappa shape index (κ3) is 5.24. The number of unbranched alkanes of at least 4 members (excludes halogenated alkanes) is 1. The third-order valence-corrected chi connectivity index (χ3v) is 5.69. The van der Waals surface area contributed by atoms with Crippen LogP contribution in [0.2, 0.25) is 5.02 Å². The van der Waals surface area contributed by atoms with Crippen LogP contribution in [0.15, 0.2) is 28.2 Å². The van der Waals surface area contributed by atoms with Crippen molar-refractivity contribution in [3.8, 4) is 0 Å². The zero-order valence-electron chi connectivity index (χ0n) is 15.4. The lowest BCUT2D eigenvalue weighted by atomic mass is 10.2. The third-order valence-electron chi connectivity index (χ3n) is 4.48. The number of halogens is 1. The molecular formula is C19H24ClN3O3S. The molecule has 146 valence electrons. The zero-order valence-corrected chi connectivity index (χ0v) is 16.9. The van der Waals surface area contributed by atoms with E-state index in [1.54, 1.807) is 22.8 Å². The summed E-state index contributed by atoms with van der Waals surface area (Å²) in [7, 11) is 0. The summed E-state index contributed by atoms with van der Waals surface area (Å²) in [5.74, 6) is 0.158. The highest BCUT2D eigenvalue weighted by Crippen LogP contribution is 2.22.